The maximum Gasteiger partial charge on any atom is 0.325 e. The van der Waals surface area contributed by atoms with Crippen molar-refractivity contribution in [2.24, 2.45) is 5.73 Å². The van der Waals surface area contributed by atoms with Gasteiger partial charge in [-0.05, 0) is 19.4 Å². The van der Waals surface area contributed by atoms with Crippen LogP contribution in [0.5, 0.6) is 0 Å². The van der Waals surface area contributed by atoms with Crippen LogP contribution < -0.4 is 27.0 Å². The second kappa shape index (κ2) is 13.7. The molecule has 11 nitrogen and oxygen atoms in total. The van der Waals surface area contributed by atoms with Crippen LogP contribution in [0.25, 0.3) is 0 Å². The molecule has 0 saturated carbocycles. The fourth-order valence-corrected chi connectivity index (χ4v) is 2.37. The Bertz CT molecular complexity index is 769. The van der Waals surface area contributed by atoms with Crippen molar-refractivity contribution in [2.75, 3.05) is 26.2 Å². The molecule has 1 aromatic carbocycles. The smallest absolute Gasteiger partial charge is 0.325 e. The van der Waals surface area contributed by atoms with E-state index in [4.69, 9.17) is 10.5 Å². The van der Waals surface area contributed by atoms with E-state index in [2.05, 4.69) is 21.3 Å². The number of hydrogen-bond acceptors (Lipinski definition) is 7. The van der Waals surface area contributed by atoms with E-state index in [9.17, 15) is 24.0 Å². The summed E-state index contributed by atoms with van der Waals surface area (Å²) >= 11 is 0. The summed E-state index contributed by atoms with van der Waals surface area (Å²) in [4.78, 5) is 59.3. The third-order valence-electron chi connectivity index (χ3n) is 3.93. The number of carbonyl (C=O) groups is 5. The maximum absolute atomic E-state index is 12.5. The lowest BCUT2D eigenvalue weighted by molar-refractivity contribution is -0.143. The summed E-state index contributed by atoms with van der Waals surface area (Å²) in [5.74, 6) is -2.86. The van der Waals surface area contributed by atoms with Crippen LogP contribution >= 0.6 is 0 Å². The molecule has 11 heteroatoms. The molecule has 2 atom stereocenters. The number of carbonyl (C=O) groups excluding carboxylic acids is 5. The van der Waals surface area contributed by atoms with Crippen molar-refractivity contribution < 1.29 is 28.7 Å². The van der Waals surface area contributed by atoms with Gasteiger partial charge in [0.1, 0.15) is 12.6 Å². The lowest BCUT2D eigenvalue weighted by atomic mass is 10.1. The second-order valence-electron chi connectivity index (χ2n) is 6.62. The zero-order valence-corrected chi connectivity index (χ0v) is 17.6. The summed E-state index contributed by atoms with van der Waals surface area (Å²) in [7, 11) is 0. The summed E-state index contributed by atoms with van der Waals surface area (Å²) in [5.41, 5.74) is 6.17. The molecular weight excluding hydrogens is 406 g/mol. The molecule has 0 aliphatic carbocycles. The van der Waals surface area contributed by atoms with Crippen LogP contribution in [0.2, 0.25) is 0 Å². The normalized spacial score (nSPS) is 12.1. The van der Waals surface area contributed by atoms with Crippen molar-refractivity contribution in [1.82, 2.24) is 21.3 Å². The van der Waals surface area contributed by atoms with Crippen LogP contribution in [-0.2, 0) is 35.1 Å². The second-order valence-corrected chi connectivity index (χ2v) is 6.62. The van der Waals surface area contributed by atoms with Crippen LogP contribution in [0.1, 0.15) is 19.4 Å². The van der Waals surface area contributed by atoms with Gasteiger partial charge in [-0.15, -0.1) is 0 Å². The molecule has 1 unspecified atom stereocenters. The van der Waals surface area contributed by atoms with E-state index in [1.807, 2.05) is 6.07 Å². The largest absolute Gasteiger partial charge is 0.465 e. The Balaban J connectivity index is 2.61. The van der Waals surface area contributed by atoms with Crippen molar-refractivity contribution in [2.45, 2.75) is 32.4 Å². The number of nitrogens with one attached hydrogen (secondary N) is 4. The molecule has 0 heterocycles. The number of esters is 1. The van der Waals surface area contributed by atoms with Crippen LogP contribution in [0.15, 0.2) is 30.3 Å². The minimum Gasteiger partial charge on any atom is -0.465 e. The molecule has 0 aliphatic heterocycles. The van der Waals surface area contributed by atoms with Crippen molar-refractivity contribution in [3.05, 3.63) is 35.9 Å². The molecule has 0 aromatic heterocycles. The van der Waals surface area contributed by atoms with Crippen molar-refractivity contribution >= 4 is 29.6 Å². The van der Waals surface area contributed by atoms with Gasteiger partial charge in [-0.2, -0.15) is 0 Å². The van der Waals surface area contributed by atoms with E-state index >= 15 is 0 Å². The van der Waals surface area contributed by atoms with Gasteiger partial charge in [-0.25, -0.2) is 0 Å². The van der Waals surface area contributed by atoms with Gasteiger partial charge >= 0.3 is 5.97 Å². The molecule has 0 aliphatic rings. The highest BCUT2D eigenvalue weighted by Gasteiger charge is 2.22. The summed E-state index contributed by atoms with van der Waals surface area (Å²) in [6.07, 6.45) is 0.180. The van der Waals surface area contributed by atoms with E-state index in [1.165, 1.54) is 6.92 Å². The Labute approximate surface area is 180 Å². The first-order valence-corrected chi connectivity index (χ1v) is 9.79. The molecule has 0 radical (unpaired) electrons. The summed E-state index contributed by atoms with van der Waals surface area (Å²) in [5, 5.41) is 9.62. The molecule has 4 amide bonds. The predicted molar refractivity (Wildman–Crippen MR) is 111 cm³/mol. The lowest BCUT2D eigenvalue weighted by Crippen LogP contribution is -2.52. The van der Waals surface area contributed by atoms with Crippen molar-refractivity contribution in [3.8, 4) is 0 Å². The molecule has 1 rings (SSSR count). The monoisotopic (exact) mass is 435 g/mol. The van der Waals surface area contributed by atoms with Crippen molar-refractivity contribution in [1.29, 1.82) is 0 Å². The Kier molecular flexibility index (Phi) is 11.3. The van der Waals surface area contributed by atoms with Gasteiger partial charge < -0.3 is 31.7 Å². The van der Waals surface area contributed by atoms with Gasteiger partial charge in [0.15, 0.2) is 0 Å². The first-order valence-electron chi connectivity index (χ1n) is 9.79. The highest BCUT2D eigenvalue weighted by Crippen LogP contribution is 2.03. The number of hydrogen-bond donors (Lipinski definition) is 5. The van der Waals surface area contributed by atoms with E-state index < -0.39 is 48.2 Å². The molecular formula is C20H29N5O6. The van der Waals surface area contributed by atoms with Crippen molar-refractivity contribution in [3.63, 3.8) is 0 Å². The number of ether oxygens (including phenoxy) is 1. The number of amides is 4. The Morgan fingerprint density at radius 1 is 0.903 bits per heavy atom. The third kappa shape index (κ3) is 10.8. The summed E-state index contributed by atoms with van der Waals surface area (Å²) < 4.78 is 4.76. The molecule has 0 saturated heterocycles. The quantitative estimate of drug-likeness (QED) is 0.236. The van der Waals surface area contributed by atoms with E-state index in [1.54, 1.807) is 31.2 Å². The maximum atomic E-state index is 12.5. The van der Waals surface area contributed by atoms with Gasteiger partial charge in [-0.3, -0.25) is 24.0 Å². The summed E-state index contributed by atoms with van der Waals surface area (Å²) in [6, 6.07) is 7.25. The molecule has 6 N–H and O–H groups in total. The fraction of sp³-hybridized carbons (Fsp3) is 0.450. The molecule has 0 bridgehead atoms. The molecule has 31 heavy (non-hydrogen) atoms. The molecule has 0 spiro atoms. The van der Waals surface area contributed by atoms with Gasteiger partial charge in [0.05, 0.1) is 25.7 Å². The van der Waals surface area contributed by atoms with Gasteiger partial charge in [0.2, 0.25) is 23.6 Å². The zero-order chi connectivity index (χ0) is 23.2. The summed E-state index contributed by atoms with van der Waals surface area (Å²) in [6.45, 7) is 2.24. The number of rotatable bonds is 12. The average Bonchev–Trinajstić information content (AvgIpc) is 2.74. The molecule has 0 fully saturated rings. The van der Waals surface area contributed by atoms with E-state index in [0.29, 0.717) is 0 Å². The number of benzene rings is 1. The molecule has 170 valence electrons. The lowest BCUT2D eigenvalue weighted by Gasteiger charge is -2.19. The molecule has 1 aromatic rings. The van der Waals surface area contributed by atoms with Gasteiger partial charge in [-0.1, -0.05) is 30.3 Å². The third-order valence-corrected chi connectivity index (χ3v) is 3.93. The average molecular weight is 435 g/mol. The van der Waals surface area contributed by atoms with Crippen LogP contribution in [0.4, 0.5) is 0 Å². The highest BCUT2D eigenvalue weighted by atomic mass is 16.5. The van der Waals surface area contributed by atoms with E-state index in [-0.39, 0.29) is 26.1 Å². The van der Waals surface area contributed by atoms with Gasteiger partial charge in [0.25, 0.3) is 0 Å². The minimum absolute atomic E-state index is 0.180. The SMILES string of the molecule is CCOC(=O)CNC(=O)C(Cc1ccccc1)NC(=O)CNC(=O)CNC(=O)[C@H](C)N. The van der Waals surface area contributed by atoms with E-state index in [0.717, 1.165) is 5.56 Å². The van der Waals surface area contributed by atoms with Crippen LogP contribution in [-0.4, -0.2) is 67.9 Å². The van der Waals surface area contributed by atoms with Crippen LogP contribution in [0, 0.1) is 0 Å². The fourth-order valence-electron chi connectivity index (χ4n) is 2.37. The Hall–Kier alpha value is -3.47. The van der Waals surface area contributed by atoms with Gasteiger partial charge in [0, 0.05) is 6.42 Å². The Morgan fingerprint density at radius 3 is 2.13 bits per heavy atom. The Morgan fingerprint density at radius 2 is 1.52 bits per heavy atom. The number of nitrogens with two attached hydrogens (primary N) is 1. The standard InChI is InChI=1S/C20H29N5O6/c1-3-31-18(28)12-24-20(30)15(9-14-7-5-4-6-8-14)25-17(27)11-22-16(26)10-23-19(29)13(2)21/h4-8,13,15H,3,9-12,21H2,1-2H3,(H,22,26)(H,23,29)(H,24,30)(H,25,27)/t13-,15?/m0/s1. The topological polar surface area (TPSA) is 169 Å². The highest BCUT2D eigenvalue weighted by molar-refractivity contribution is 5.92. The first-order chi connectivity index (χ1) is 14.7. The zero-order valence-electron chi connectivity index (χ0n) is 17.6. The van der Waals surface area contributed by atoms with Crippen LogP contribution in [0.3, 0.4) is 0 Å². The first kappa shape index (κ1) is 25.6. The minimum atomic E-state index is -0.973. The predicted octanol–water partition coefficient (Wildman–Crippen LogP) is -2.03.